The van der Waals surface area contributed by atoms with Gasteiger partial charge in [-0.05, 0) is 19.1 Å². The average Bonchev–Trinajstić information content (AvgIpc) is 2.18. The quantitative estimate of drug-likeness (QED) is 0.791. The zero-order valence-corrected chi connectivity index (χ0v) is 7.83. The molecular formula is C10H11FN2O. The van der Waals surface area contributed by atoms with Crippen molar-refractivity contribution < 1.29 is 9.13 Å². The molecule has 0 fully saturated rings. The highest BCUT2D eigenvalue weighted by atomic mass is 19.1. The first-order valence-electron chi connectivity index (χ1n) is 4.23. The SMILES string of the molecule is CC(CN)Oc1ccc(C#N)c(F)c1. The molecule has 0 saturated heterocycles. The van der Waals surface area contributed by atoms with Crippen molar-refractivity contribution >= 4 is 0 Å². The summed E-state index contributed by atoms with van der Waals surface area (Å²) in [5, 5.41) is 8.49. The Morgan fingerprint density at radius 1 is 1.64 bits per heavy atom. The first-order valence-corrected chi connectivity index (χ1v) is 4.23. The van der Waals surface area contributed by atoms with E-state index >= 15 is 0 Å². The maximum absolute atomic E-state index is 13.1. The third-order valence-corrected chi connectivity index (χ3v) is 1.73. The van der Waals surface area contributed by atoms with Crippen LogP contribution in [0.3, 0.4) is 0 Å². The Labute approximate surface area is 81.9 Å². The number of hydrogen-bond donors (Lipinski definition) is 1. The maximum Gasteiger partial charge on any atom is 0.144 e. The van der Waals surface area contributed by atoms with Crippen molar-refractivity contribution in [2.75, 3.05) is 6.54 Å². The molecule has 1 aromatic rings. The molecule has 1 unspecified atom stereocenters. The second-order valence-corrected chi connectivity index (χ2v) is 2.92. The third kappa shape index (κ3) is 2.44. The van der Waals surface area contributed by atoms with Crippen molar-refractivity contribution in [1.82, 2.24) is 0 Å². The monoisotopic (exact) mass is 194 g/mol. The van der Waals surface area contributed by atoms with Gasteiger partial charge in [0.1, 0.15) is 23.7 Å². The minimum atomic E-state index is -0.575. The number of benzene rings is 1. The molecule has 0 radical (unpaired) electrons. The first-order chi connectivity index (χ1) is 6.67. The molecule has 0 saturated carbocycles. The number of hydrogen-bond acceptors (Lipinski definition) is 3. The molecule has 0 aliphatic carbocycles. The van der Waals surface area contributed by atoms with Crippen LogP contribution in [0.2, 0.25) is 0 Å². The van der Waals surface area contributed by atoms with Crippen molar-refractivity contribution in [2.24, 2.45) is 5.73 Å². The van der Waals surface area contributed by atoms with Gasteiger partial charge in [0.25, 0.3) is 0 Å². The number of nitrogens with two attached hydrogens (primary N) is 1. The molecule has 1 rings (SSSR count). The molecule has 0 bridgehead atoms. The maximum atomic E-state index is 13.1. The number of rotatable bonds is 3. The van der Waals surface area contributed by atoms with Crippen molar-refractivity contribution in [2.45, 2.75) is 13.0 Å². The molecule has 2 N–H and O–H groups in total. The van der Waals surface area contributed by atoms with Gasteiger partial charge in [-0.25, -0.2) is 4.39 Å². The van der Waals surface area contributed by atoms with Gasteiger partial charge < -0.3 is 10.5 Å². The second kappa shape index (κ2) is 4.58. The van der Waals surface area contributed by atoms with Crippen LogP contribution in [-0.2, 0) is 0 Å². The molecule has 0 aliphatic rings. The highest BCUT2D eigenvalue weighted by molar-refractivity contribution is 5.36. The van der Waals surface area contributed by atoms with E-state index in [0.29, 0.717) is 12.3 Å². The minimum Gasteiger partial charge on any atom is -0.489 e. The highest BCUT2D eigenvalue weighted by Gasteiger charge is 2.05. The zero-order valence-electron chi connectivity index (χ0n) is 7.83. The lowest BCUT2D eigenvalue weighted by Gasteiger charge is -2.12. The standard InChI is InChI=1S/C10H11FN2O/c1-7(5-12)14-9-3-2-8(6-13)10(11)4-9/h2-4,7H,5,12H2,1H3. The Kier molecular flexibility index (Phi) is 3.43. The van der Waals surface area contributed by atoms with Gasteiger partial charge in [-0.2, -0.15) is 5.26 Å². The lowest BCUT2D eigenvalue weighted by atomic mass is 10.2. The van der Waals surface area contributed by atoms with Crippen molar-refractivity contribution in [3.63, 3.8) is 0 Å². The van der Waals surface area contributed by atoms with Crippen LogP contribution in [0.5, 0.6) is 5.75 Å². The number of nitrogens with zero attached hydrogens (tertiary/aromatic N) is 1. The van der Waals surface area contributed by atoms with E-state index in [2.05, 4.69) is 0 Å². The minimum absolute atomic E-state index is 0.0118. The fraction of sp³-hybridized carbons (Fsp3) is 0.300. The molecule has 1 aromatic carbocycles. The third-order valence-electron chi connectivity index (χ3n) is 1.73. The molecule has 0 heterocycles. The van der Waals surface area contributed by atoms with Crippen molar-refractivity contribution in [1.29, 1.82) is 5.26 Å². The van der Waals surface area contributed by atoms with Crippen LogP contribution in [0.4, 0.5) is 4.39 Å². The smallest absolute Gasteiger partial charge is 0.144 e. The summed E-state index contributed by atoms with van der Waals surface area (Å²) >= 11 is 0. The molecule has 0 spiro atoms. The van der Waals surface area contributed by atoms with E-state index in [4.69, 9.17) is 15.7 Å². The summed E-state index contributed by atoms with van der Waals surface area (Å²) in [6.45, 7) is 2.15. The predicted molar refractivity (Wildman–Crippen MR) is 50.3 cm³/mol. The number of nitriles is 1. The topological polar surface area (TPSA) is 59.0 Å². The van der Waals surface area contributed by atoms with Crippen LogP contribution >= 0.6 is 0 Å². The molecule has 1 atom stereocenters. The molecule has 14 heavy (non-hydrogen) atoms. The lowest BCUT2D eigenvalue weighted by molar-refractivity contribution is 0.229. The Balaban J connectivity index is 2.82. The first kappa shape index (κ1) is 10.5. The van der Waals surface area contributed by atoms with Gasteiger partial charge in [0.2, 0.25) is 0 Å². The lowest BCUT2D eigenvalue weighted by Crippen LogP contribution is -2.22. The van der Waals surface area contributed by atoms with Crippen LogP contribution in [-0.4, -0.2) is 12.6 Å². The van der Waals surface area contributed by atoms with Gasteiger partial charge in [-0.15, -0.1) is 0 Å². The molecule has 0 aromatic heterocycles. The fourth-order valence-corrected chi connectivity index (χ4v) is 0.940. The van der Waals surface area contributed by atoms with E-state index in [9.17, 15) is 4.39 Å². The summed E-state index contributed by atoms with van der Waals surface area (Å²) in [6, 6.07) is 5.85. The van der Waals surface area contributed by atoms with Crippen molar-refractivity contribution in [3.05, 3.63) is 29.6 Å². The van der Waals surface area contributed by atoms with E-state index < -0.39 is 5.82 Å². The van der Waals surface area contributed by atoms with E-state index in [1.807, 2.05) is 0 Å². The summed E-state index contributed by atoms with van der Waals surface area (Å²) in [4.78, 5) is 0. The Hall–Kier alpha value is -1.60. The van der Waals surface area contributed by atoms with Gasteiger partial charge in [0.15, 0.2) is 0 Å². The van der Waals surface area contributed by atoms with Crippen LogP contribution in [0.25, 0.3) is 0 Å². The molecule has 4 heteroatoms. The van der Waals surface area contributed by atoms with E-state index in [1.165, 1.54) is 12.1 Å². The number of halogens is 1. The van der Waals surface area contributed by atoms with E-state index in [0.717, 1.165) is 0 Å². The van der Waals surface area contributed by atoms with Gasteiger partial charge >= 0.3 is 0 Å². The van der Waals surface area contributed by atoms with Crippen LogP contribution in [0, 0.1) is 17.1 Å². The van der Waals surface area contributed by atoms with Gasteiger partial charge in [-0.1, -0.05) is 0 Å². The largest absolute Gasteiger partial charge is 0.489 e. The molecular weight excluding hydrogens is 183 g/mol. The molecule has 0 aliphatic heterocycles. The van der Waals surface area contributed by atoms with Gasteiger partial charge in [0.05, 0.1) is 5.56 Å². The van der Waals surface area contributed by atoms with E-state index in [-0.39, 0.29) is 11.7 Å². The summed E-state index contributed by atoms with van der Waals surface area (Å²) in [5.74, 6) is -0.186. The van der Waals surface area contributed by atoms with Crippen LogP contribution in [0.1, 0.15) is 12.5 Å². The summed E-state index contributed by atoms with van der Waals surface area (Å²) in [6.07, 6.45) is -0.165. The molecule has 74 valence electrons. The van der Waals surface area contributed by atoms with Gasteiger partial charge in [-0.3, -0.25) is 0 Å². The van der Waals surface area contributed by atoms with Crippen LogP contribution in [0.15, 0.2) is 18.2 Å². The van der Waals surface area contributed by atoms with E-state index in [1.54, 1.807) is 19.1 Å². The second-order valence-electron chi connectivity index (χ2n) is 2.92. The predicted octanol–water partition coefficient (Wildman–Crippen LogP) is 1.42. The molecule has 3 nitrogen and oxygen atoms in total. The average molecular weight is 194 g/mol. The zero-order chi connectivity index (χ0) is 10.6. The Bertz CT molecular complexity index is 360. The van der Waals surface area contributed by atoms with Crippen molar-refractivity contribution in [3.8, 4) is 11.8 Å². The summed E-state index contributed by atoms with van der Waals surface area (Å²) < 4.78 is 18.3. The summed E-state index contributed by atoms with van der Waals surface area (Å²) in [5.41, 5.74) is 5.35. The Morgan fingerprint density at radius 3 is 2.86 bits per heavy atom. The highest BCUT2D eigenvalue weighted by Crippen LogP contribution is 2.16. The van der Waals surface area contributed by atoms with Gasteiger partial charge in [0, 0.05) is 12.6 Å². The summed E-state index contributed by atoms with van der Waals surface area (Å²) in [7, 11) is 0. The van der Waals surface area contributed by atoms with Crippen LogP contribution < -0.4 is 10.5 Å². The number of ether oxygens (including phenoxy) is 1. The Morgan fingerprint density at radius 2 is 2.36 bits per heavy atom. The fourth-order valence-electron chi connectivity index (χ4n) is 0.940. The molecule has 0 amide bonds. The normalized spacial score (nSPS) is 11.9.